The van der Waals surface area contributed by atoms with E-state index in [-0.39, 0.29) is 6.10 Å². The molecule has 2 nitrogen and oxygen atoms in total. The summed E-state index contributed by atoms with van der Waals surface area (Å²) in [6, 6.07) is 4.75. The van der Waals surface area contributed by atoms with Crippen LogP contribution in [0.25, 0.3) is 0 Å². The van der Waals surface area contributed by atoms with Gasteiger partial charge in [0, 0.05) is 18.0 Å². The molecule has 0 fully saturated rings. The van der Waals surface area contributed by atoms with Crippen LogP contribution in [0.3, 0.4) is 0 Å². The molecule has 2 rings (SSSR count). The van der Waals surface area contributed by atoms with Gasteiger partial charge in [0.2, 0.25) is 0 Å². The monoisotopic (exact) mass is 283 g/mol. The second kappa shape index (κ2) is 4.76. The van der Waals surface area contributed by atoms with Gasteiger partial charge in [0.05, 0.1) is 10.6 Å². The fourth-order valence-electron chi connectivity index (χ4n) is 2.29. The molecule has 2 unspecified atom stereocenters. The molecule has 0 spiro atoms. The van der Waals surface area contributed by atoms with Gasteiger partial charge in [-0.25, -0.2) is 0 Å². The van der Waals surface area contributed by atoms with Gasteiger partial charge in [0.25, 0.3) is 0 Å². The summed E-state index contributed by atoms with van der Waals surface area (Å²) in [6.45, 7) is 7.37. The van der Waals surface area contributed by atoms with Crippen LogP contribution in [0.15, 0.2) is 16.6 Å². The number of fused-ring (bicyclic) bond motifs is 1. The number of aryl methyl sites for hydroxylation is 1. The van der Waals surface area contributed by atoms with Crippen LogP contribution >= 0.6 is 15.9 Å². The predicted octanol–water partition coefficient (Wildman–Crippen LogP) is 3.58. The first-order chi connectivity index (χ1) is 7.61. The van der Waals surface area contributed by atoms with Gasteiger partial charge in [-0.3, -0.25) is 0 Å². The topological polar surface area (TPSA) is 21.3 Å². The van der Waals surface area contributed by atoms with Gasteiger partial charge >= 0.3 is 0 Å². The summed E-state index contributed by atoms with van der Waals surface area (Å²) in [5, 5.41) is 3.52. The summed E-state index contributed by atoms with van der Waals surface area (Å²) in [4.78, 5) is 0. The third-order valence-corrected chi connectivity index (χ3v) is 3.52. The van der Waals surface area contributed by atoms with Crippen molar-refractivity contribution >= 4 is 15.9 Å². The Kier molecular flexibility index (Phi) is 3.55. The highest BCUT2D eigenvalue weighted by molar-refractivity contribution is 9.10. The lowest BCUT2D eigenvalue weighted by molar-refractivity contribution is 0.166. The van der Waals surface area contributed by atoms with Crippen molar-refractivity contribution in [3.05, 3.63) is 27.7 Å². The van der Waals surface area contributed by atoms with Crippen molar-refractivity contribution < 1.29 is 4.74 Å². The number of ether oxygens (including phenoxy) is 1. The Hall–Kier alpha value is -0.540. The summed E-state index contributed by atoms with van der Waals surface area (Å²) in [5.74, 6) is 1.01. The number of hydrogen-bond donors (Lipinski definition) is 1. The Morgan fingerprint density at radius 3 is 2.94 bits per heavy atom. The van der Waals surface area contributed by atoms with Crippen LogP contribution in [0, 0.1) is 6.92 Å². The van der Waals surface area contributed by atoms with E-state index in [9.17, 15) is 0 Å². The lowest BCUT2D eigenvalue weighted by atomic mass is 9.95. The van der Waals surface area contributed by atoms with Gasteiger partial charge < -0.3 is 10.1 Å². The zero-order valence-corrected chi connectivity index (χ0v) is 11.6. The third kappa shape index (κ3) is 2.25. The van der Waals surface area contributed by atoms with E-state index in [1.165, 1.54) is 11.1 Å². The van der Waals surface area contributed by atoms with Crippen molar-refractivity contribution in [2.75, 3.05) is 6.54 Å². The largest absolute Gasteiger partial charge is 0.489 e. The minimum absolute atomic E-state index is 0.274. The van der Waals surface area contributed by atoms with E-state index in [2.05, 4.69) is 54.2 Å². The molecule has 2 atom stereocenters. The first kappa shape index (κ1) is 11.9. The minimum Gasteiger partial charge on any atom is -0.489 e. The fourth-order valence-corrected chi connectivity index (χ4v) is 2.97. The molecule has 1 aliphatic rings. The molecular formula is C13H18BrNO. The van der Waals surface area contributed by atoms with Crippen molar-refractivity contribution in [3.63, 3.8) is 0 Å². The van der Waals surface area contributed by atoms with Crippen LogP contribution in [0.4, 0.5) is 0 Å². The number of hydrogen-bond acceptors (Lipinski definition) is 2. The van der Waals surface area contributed by atoms with Crippen molar-refractivity contribution in [1.29, 1.82) is 0 Å². The maximum Gasteiger partial charge on any atom is 0.138 e. The quantitative estimate of drug-likeness (QED) is 0.896. The lowest BCUT2D eigenvalue weighted by Crippen LogP contribution is -2.31. The third-order valence-electron chi connectivity index (χ3n) is 2.93. The van der Waals surface area contributed by atoms with E-state index < -0.39 is 0 Å². The maximum atomic E-state index is 5.91. The van der Waals surface area contributed by atoms with E-state index in [1.807, 2.05) is 0 Å². The zero-order chi connectivity index (χ0) is 11.7. The van der Waals surface area contributed by atoms with Crippen LogP contribution in [-0.2, 0) is 0 Å². The molecule has 88 valence electrons. The summed E-state index contributed by atoms with van der Waals surface area (Å²) >= 11 is 3.59. The molecule has 0 saturated carbocycles. The van der Waals surface area contributed by atoms with Crippen LogP contribution in [0.5, 0.6) is 5.75 Å². The standard InChI is InChI=1S/C13H18BrNO/c1-4-15-12-7-9(3)16-13-10(12)5-8(2)6-11(13)14/h5-6,9,12,15H,4,7H2,1-3H3. The van der Waals surface area contributed by atoms with Crippen molar-refractivity contribution in [3.8, 4) is 5.75 Å². The number of benzene rings is 1. The molecular weight excluding hydrogens is 266 g/mol. The van der Waals surface area contributed by atoms with Gasteiger partial charge in [-0.15, -0.1) is 0 Å². The number of rotatable bonds is 2. The molecule has 0 bridgehead atoms. The maximum absolute atomic E-state index is 5.91. The van der Waals surface area contributed by atoms with Crippen molar-refractivity contribution in [2.24, 2.45) is 0 Å². The summed E-state index contributed by atoms with van der Waals surface area (Å²) < 4.78 is 6.97. The average Bonchev–Trinajstić information content (AvgIpc) is 2.20. The van der Waals surface area contributed by atoms with E-state index in [1.54, 1.807) is 0 Å². The Bertz CT molecular complexity index is 392. The SMILES string of the molecule is CCNC1CC(C)Oc2c(Br)cc(C)cc21. The zero-order valence-electron chi connectivity index (χ0n) is 10.0. The molecule has 0 amide bonds. The van der Waals surface area contributed by atoms with E-state index >= 15 is 0 Å². The smallest absolute Gasteiger partial charge is 0.138 e. The van der Waals surface area contributed by atoms with Crippen molar-refractivity contribution in [1.82, 2.24) is 5.32 Å². The normalized spacial score (nSPS) is 23.8. The molecule has 1 aromatic carbocycles. The van der Waals surface area contributed by atoms with Gasteiger partial charge in [-0.2, -0.15) is 0 Å². The Morgan fingerprint density at radius 2 is 2.25 bits per heavy atom. The highest BCUT2D eigenvalue weighted by Gasteiger charge is 2.26. The number of halogens is 1. The summed E-state index contributed by atoms with van der Waals surface area (Å²) in [7, 11) is 0. The molecule has 1 heterocycles. The molecule has 3 heteroatoms. The van der Waals surface area contributed by atoms with Gasteiger partial charge in [-0.1, -0.05) is 13.0 Å². The summed E-state index contributed by atoms with van der Waals surface area (Å²) in [6.07, 6.45) is 1.31. The van der Waals surface area contributed by atoms with Crippen LogP contribution in [0.2, 0.25) is 0 Å². The molecule has 16 heavy (non-hydrogen) atoms. The summed E-state index contributed by atoms with van der Waals surface area (Å²) in [5.41, 5.74) is 2.55. The molecule has 0 aromatic heterocycles. The van der Waals surface area contributed by atoms with E-state index in [0.717, 1.165) is 23.2 Å². The first-order valence-electron chi connectivity index (χ1n) is 5.82. The highest BCUT2D eigenvalue weighted by atomic mass is 79.9. The Morgan fingerprint density at radius 1 is 1.50 bits per heavy atom. The van der Waals surface area contributed by atoms with Crippen LogP contribution < -0.4 is 10.1 Å². The highest BCUT2D eigenvalue weighted by Crippen LogP contribution is 2.40. The first-order valence-corrected chi connectivity index (χ1v) is 6.61. The lowest BCUT2D eigenvalue weighted by Gasteiger charge is -2.32. The van der Waals surface area contributed by atoms with Crippen LogP contribution in [-0.4, -0.2) is 12.6 Å². The van der Waals surface area contributed by atoms with E-state index in [0.29, 0.717) is 6.04 Å². The average molecular weight is 284 g/mol. The minimum atomic E-state index is 0.274. The van der Waals surface area contributed by atoms with Gasteiger partial charge in [0.1, 0.15) is 5.75 Å². The molecule has 0 radical (unpaired) electrons. The van der Waals surface area contributed by atoms with E-state index in [4.69, 9.17) is 4.74 Å². The van der Waals surface area contributed by atoms with Gasteiger partial charge in [0.15, 0.2) is 0 Å². The second-order valence-corrected chi connectivity index (χ2v) is 5.29. The predicted molar refractivity (Wildman–Crippen MR) is 70.0 cm³/mol. The molecule has 1 aliphatic heterocycles. The molecule has 0 aliphatic carbocycles. The number of nitrogens with one attached hydrogen (secondary N) is 1. The Balaban J connectivity index is 2.43. The van der Waals surface area contributed by atoms with Gasteiger partial charge in [-0.05, 0) is 48.0 Å². The Labute approximate surface area is 106 Å². The van der Waals surface area contributed by atoms with Crippen LogP contribution in [0.1, 0.15) is 37.4 Å². The van der Waals surface area contributed by atoms with Crippen molar-refractivity contribution in [2.45, 2.75) is 39.3 Å². The molecule has 1 N–H and O–H groups in total. The molecule has 0 saturated heterocycles. The molecule has 1 aromatic rings. The fraction of sp³-hybridized carbons (Fsp3) is 0.538. The second-order valence-electron chi connectivity index (χ2n) is 4.44.